The van der Waals surface area contributed by atoms with E-state index in [-0.39, 0.29) is 0 Å². The first-order chi connectivity index (χ1) is 10.4. The predicted molar refractivity (Wildman–Crippen MR) is 97.8 cm³/mol. The number of hydrogen-bond donors (Lipinski definition) is 0. The van der Waals surface area contributed by atoms with Crippen LogP contribution in [-0.2, 0) is 24.4 Å². The Morgan fingerprint density at radius 1 is 1.18 bits per heavy atom. The van der Waals surface area contributed by atoms with E-state index in [9.17, 15) is 0 Å². The molecule has 0 aliphatic heterocycles. The summed E-state index contributed by atoms with van der Waals surface area (Å²) in [6.45, 7) is 11.9. The second-order valence-corrected chi connectivity index (χ2v) is 11.9. The van der Waals surface area contributed by atoms with E-state index in [2.05, 4.69) is 64.2 Å². The van der Waals surface area contributed by atoms with Crippen LogP contribution < -0.4 is 0 Å². The molecule has 0 heterocycles. The molecule has 1 atom stereocenters. The molecule has 3 aliphatic rings. The quantitative estimate of drug-likeness (QED) is 0.494. The Balaban J connectivity index is 2.27. The van der Waals surface area contributed by atoms with Crippen molar-refractivity contribution >= 4 is 13.6 Å². The average Bonchev–Trinajstić information content (AvgIpc) is 2.91. The van der Waals surface area contributed by atoms with Crippen molar-refractivity contribution in [3.63, 3.8) is 0 Å². The summed E-state index contributed by atoms with van der Waals surface area (Å²) >= 11 is 0.665. The molecule has 113 valence electrons. The summed E-state index contributed by atoms with van der Waals surface area (Å²) in [5.41, 5.74) is 9.40. The van der Waals surface area contributed by atoms with Crippen molar-refractivity contribution in [3.8, 4) is 0 Å². The van der Waals surface area contributed by atoms with Crippen LogP contribution >= 0.6 is 0 Å². The van der Waals surface area contributed by atoms with Crippen LogP contribution in [0.15, 0.2) is 67.1 Å². The second kappa shape index (κ2) is 6.12. The zero-order valence-corrected chi connectivity index (χ0v) is 20.5. The van der Waals surface area contributed by atoms with E-state index in [1.807, 2.05) is 0 Å². The Kier molecular flexibility index (Phi) is 4.53. The summed E-state index contributed by atoms with van der Waals surface area (Å²) < 4.78 is 1.66. The number of fused-ring (bicyclic) bond motifs is 1. The second-order valence-electron chi connectivity index (χ2n) is 6.78. The van der Waals surface area contributed by atoms with Crippen LogP contribution in [0.5, 0.6) is 0 Å². The zero-order chi connectivity index (χ0) is 16.0. The van der Waals surface area contributed by atoms with Crippen LogP contribution in [0.2, 0.25) is 13.1 Å². The van der Waals surface area contributed by atoms with Crippen molar-refractivity contribution in [1.82, 2.24) is 0 Å². The summed E-state index contributed by atoms with van der Waals surface area (Å²) in [6.07, 6.45) is 12.8. The van der Waals surface area contributed by atoms with Gasteiger partial charge in [0.2, 0.25) is 0 Å². The molecule has 0 aromatic rings. The summed E-state index contributed by atoms with van der Waals surface area (Å²) in [6, 6.07) is 0. The van der Waals surface area contributed by atoms with Crippen LogP contribution in [0, 0.1) is 5.92 Å². The van der Waals surface area contributed by atoms with Gasteiger partial charge in [0.05, 0.1) is 0 Å². The van der Waals surface area contributed by atoms with Crippen molar-refractivity contribution in [1.29, 1.82) is 0 Å². The van der Waals surface area contributed by atoms with Crippen LogP contribution in [0.3, 0.4) is 0 Å². The molecule has 0 N–H and O–H groups in total. The van der Waals surface area contributed by atoms with Gasteiger partial charge in [0, 0.05) is 0 Å². The molecule has 0 bridgehead atoms. The first-order valence-electron chi connectivity index (χ1n) is 8.14. The predicted octanol–water partition coefficient (Wildman–Crippen LogP) is 4.50. The van der Waals surface area contributed by atoms with Gasteiger partial charge in [-0.25, -0.2) is 0 Å². The fourth-order valence-electron chi connectivity index (χ4n) is 3.94. The van der Waals surface area contributed by atoms with Gasteiger partial charge in [0.25, 0.3) is 0 Å². The van der Waals surface area contributed by atoms with Crippen molar-refractivity contribution in [2.75, 3.05) is 0 Å². The minimum atomic E-state index is -0.411. The molecule has 0 radical (unpaired) electrons. The normalized spacial score (nSPS) is 24.3. The van der Waals surface area contributed by atoms with Crippen LogP contribution in [0.1, 0.15) is 27.2 Å². The Morgan fingerprint density at radius 3 is 2.50 bits per heavy atom. The van der Waals surface area contributed by atoms with Crippen molar-refractivity contribution in [3.05, 3.63) is 67.1 Å². The first kappa shape index (κ1) is 16.3. The fraction of sp³-hybridized carbons (Fsp3) is 0.350. The Bertz CT molecular complexity index is 760. The van der Waals surface area contributed by atoms with Gasteiger partial charge in [-0.1, -0.05) is 0 Å². The molecule has 1 unspecified atom stereocenters. The van der Waals surface area contributed by atoms with Crippen molar-refractivity contribution < 1.29 is 24.4 Å². The molecule has 0 nitrogen and oxygen atoms in total. The third-order valence-corrected chi connectivity index (χ3v) is 10.2. The van der Waals surface area contributed by atoms with Crippen LogP contribution in [0.4, 0.5) is 0 Å². The molecule has 0 aromatic carbocycles. The van der Waals surface area contributed by atoms with Gasteiger partial charge in [-0.2, -0.15) is 0 Å². The van der Waals surface area contributed by atoms with Gasteiger partial charge in [-0.3, -0.25) is 0 Å². The molecule has 3 aliphatic carbocycles. The Morgan fingerprint density at radius 2 is 1.91 bits per heavy atom. The molecule has 22 heavy (non-hydrogen) atoms. The van der Waals surface area contributed by atoms with Gasteiger partial charge in [0.1, 0.15) is 0 Å². The van der Waals surface area contributed by atoms with Crippen LogP contribution in [0.25, 0.3) is 0 Å². The third kappa shape index (κ3) is 2.49. The molecule has 0 aromatic heterocycles. The van der Waals surface area contributed by atoms with E-state index in [0.717, 1.165) is 6.42 Å². The van der Waals surface area contributed by atoms with E-state index in [4.69, 9.17) is 0 Å². The first-order valence-corrected chi connectivity index (χ1v) is 13.2. The Hall–Kier alpha value is -0.603. The van der Waals surface area contributed by atoms with Crippen LogP contribution in [-0.4, -0.2) is 13.6 Å². The van der Waals surface area contributed by atoms with Crippen molar-refractivity contribution in [2.45, 2.75) is 40.3 Å². The monoisotopic (exact) mass is 473 g/mol. The van der Waals surface area contributed by atoms with Gasteiger partial charge >= 0.3 is 151 Å². The number of hydrogen-bond acceptors (Lipinski definition) is 0. The van der Waals surface area contributed by atoms with E-state index in [0.29, 0.717) is 30.3 Å². The number of rotatable bonds is 1. The number of allylic oxidation sites excluding steroid dienone is 12. The molecule has 3 rings (SSSR count). The molecule has 0 fully saturated rings. The Labute approximate surface area is 150 Å². The minimum absolute atomic E-state index is 0.411. The molecule has 0 saturated carbocycles. The van der Waals surface area contributed by atoms with E-state index in [1.165, 1.54) is 5.57 Å². The van der Waals surface area contributed by atoms with Gasteiger partial charge in [-0.15, -0.1) is 0 Å². The van der Waals surface area contributed by atoms with Crippen molar-refractivity contribution in [2.24, 2.45) is 5.92 Å². The summed E-state index contributed by atoms with van der Waals surface area (Å²) in [7, 11) is -0.411. The van der Waals surface area contributed by atoms with E-state index in [1.54, 1.807) is 36.4 Å². The van der Waals surface area contributed by atoms with E-state index < -0.39 is 8.41 Å². The average molecular weight is 472 g/mol. The maximum atomic E-state index is 2.43. The third-order valence-electron chi connectivity index (χ3n) is 5.20. The standard InChI is InChI=1S/C20H23Si.Hf.2H/c1-13-8-6-10-17(13)19-14(2)12-16-9-7-11-18(21(4)5)15(3)20(16)19;;;/h6-9,11,15H,10H2,1-5H3;;;. The van der Waals surface area contributed by atoms with Gasteiger partial charge < -0.3 is 0 Å². The SMILES string of the molecule is CC1=C(C2=C3C(=CC=CC(=[Si](C)C)C3C)[C]([HfH2])=C2C)CC=C1. The molecule has 0 spiro atoms. The molecule has 0 amide bonds. The molecule has 0 saturated heterocycles. The fourth-order valence-corrected chi connectivity index (χ4v) is 7.13. The maximum absolute atomic E-state index is 2.43. The zero-order valence-electron chi connectivity index (χ0n) is 14.4. The summed E-state index contributed by atoms with van der Waals surface area (Å²) in [5.74, 6) is 0.570. The van der Waals surface area contributed by atoms with Gasteiger partial charge in [0.15, 0.2) is 0 Å². The summed E-state index contributed by atoms with van der Waals surface area (Å²) in [4.78, 5) is 0. The molecular formula is C20H25HfSi. The molecule has 2 heteroatoms. The van der Waals surface area contributed by atoms with E-state index >= 15 is 0 Å². The summed E-state index contributed by atoms with van der Waals surface area (Å²) in [5, 5.41) is 1.67. The van der Waals surface area contributed by atoms with Gasteiger partial charge in [-0.05, 0) is 0 Å². The molecular weight excluding hydrogens is 447 g/mol. The topological polar surface area (TPSA) is 0 Å².